The highest BCUT2D eigenvalue weighted by molar-refractivity contribution is 7.08. The minimum absolute atomic E-state index is 0.0371. The maximum Gasteiger partial charge on any atom is 0.271 e. The molecule has 1 saturated heterocycles. The van der Waals surface area contributed by atoms with Gasteiger partial charge in [-0.05, 0) is 30.0 Å². The highest BCUT2D eigenvalue weighted by Crippen LogP contribution is 2.21. The van der Waals surface area contributed by atoms with Crippen LogP contribution in [0, 0.1) is 0 Å². The number of rotatable bonds is 4. The predicted octanol–water partition coefficient (Wildman–Crippen LogP) is 2.27. The minimum atomic E-state index is -0.0642. The van der Waals surface area contributed by atoms with E-state index in [9.17, 15) is 4.79 Å². The van der Waals surface area contributed by atoms with Crippen molar-refractivity contribution < 1.29 is 9.53 Å². The van der Waals surface area contributed by atoms with Crippen molar-refractivity contribution in [2.24, 2.45) is 0 Å². The zero-order valence-corrected chi connectivity index (χ0v) is 14.5. The molecule has 1 amide bonds. The van der Waals surface area contributed by atoms with E-state index in [1.165, 1.54) is 0 Å². The Hall–Kier alpha value is -2.45. The van der Waals surface area contributed by atoms with Gasteiger partial charge in [-0.3, -0.25) is 14.6 Å². The molecule has 1 aliphatic rings. The molecule has 0 aliphatic carbocycles. The number of H-pyrrole nitrogens is 1. The fourth-order valence-electron chi connectivity index (χ4n) is 2.97. The molecule has 0 bridgehead atoms. The lowest BCUT2D eigenvalue weighted by Crippen LogP contribution is -2.38. The first kappa shape index (κ1) is 16.0. The maximum absolute atomic E-state index is 12.9. The summed E-state index contributed by atoms with van der Waals surface area (Å²) in [5.74, 6) is -0.0371. The summed E-state index contributed by atoms with van der Waals surface area (Å²) in [5.41, 5.74) is 2.33. The molecule has 0 spiro atoms. The molecule has 3 aromatic rings. The number of nitrogens with zero attached hydrogens (tertiary/aromatic N) is 4. The Balaban J connectivity index is 1.46. The summed E-state index contributed by atoms with van der Waals surface area (Å²) in [7, 11) is 0. The number of aromatic amines is 1. The number of carbonyl (C=O) groups is 1. The molecule has 1 aliphatic heterocycles. The number of nitrogens with one attached hydrogen (secondary N) is 1. The second-order valence-electron chi connectivity index (χ2n) is 6.00. The Kier molecular flexibility index (Phi) is 4.62. The monoisotopic (exact) mass is 357 g/mol. The van der Waals surface area contributed by atoms with Crippen molar-refractivity contribution in [3.8, 4) is 11.3 Å². The van der Waals surface area contributed by atoms with Gasteiger partial charge in [0.25, 0.3) is 5.91 Å². The average Bonchev–Trinajstić information content (AvgIpc) is 3.35. The first-order valence-electron chi connectivity index (χ1n) is 8.26. The lowest BCUT2D eigenvalue weighted by atomic mass is 10.2. The van der Waals surface area contributed by atoms with Crippen molar-refractivity contribution in [1.29, 1.82) is 0 Å². The van der Waals surface area contributed by atoms with Gasteiger partial charge in [-0.2, -0.15) is 21.5 Å². The van der Waals surface area contributed by atoms with Gasteiger partial charge in [0.1, 0.15) is 5.69 Å². The SMILES string of the molecule is O=C(c1cc(-c2ccsc2)n[nH]1)N1CCCO[C@@H](Cn2cccn2)C1. The van der Waals surface area contributed by atoms with Gasteiger partial charge >= 0.3 is 0 Å². The fourth-order valence-corrected chi connectivity index (χ4v) is 3.62. The van der Waals surface area contributed by atoms with Crippen molar-refractivity contribution in [1.82, 2.24) is 24.9 Å². The van der Waals surface area contributed by atoms with Crippen LogP contribution in [-0.2, 0) is 11.3 Å². The molecule has 0 saturated carbocycles. The van der Waals surface area contributed by atoms with Gasteiger partial charge in [0.2, 0.25) is 0 Å². The lowest BCUT2D eigenvalue weighted by molar-refractivity contribution is 0.0365. The van der Waals surface area contributed by atoms with E-state index >= 15 is 0 Å². The van der Waals surface area contributed by atoms with Crippen LogP contribution in [0.4, 0.5) is 0 Å². The van der Waals surface area contributed by atoms with Crippen LogP contribution in [0.25, 0.3) is 11.3 Å². The summed E-state index contributed by atoms with van der Waals surface area (Å²) >= 11 is 1.61. The smallest absolute Gasteiger partial charge is 0.271 e. The molecule has 25 heavy (non-hydrogen) atoms. The van der Waals surface area contributed by atoms with Crippen LogP contribution in [0.15, 0.2) is 41.4 Å². The van der Waals surface area contributed by atoms with Gasteiger partial charge in [0, 0.05) is 43.0 Å². The van der Waals surface area contributed by atoms with Crippen molar-refractivity contribution >= 4 is 17.2 Å². The summed E-state index contributed by atoms with van der Waals surface area (Å²) < 4.78 is 7.71. The van der Waals surface area contributed by atoms with Gasteiger partial charge in [-0.1, -0.05) is 0 Å². The Bertz CT molecular complexity index is 812. The molecule has 4 heterocycles. The van der Waals surface area contributed by atoms with E-state index in [1.54, 1.807) is 17.5 Å². The molecule has 0 radical (unpaired) electrons. The average molecular weight is 357 g/mol. The van der Waals surface area contributed by atoms with Gasteiger partial charge in [-0.25, -0.2) is 0 Å². The molecule has 7 nitrogen and oxygen atoms in total. The quantitative estimate of drug-likeness (QED) is 0.777. The summed E-state index contributed by atoms with van der Waals surface area (Å²) in [6, 6.07) is 5.70. The topological polar surface area (TPSA) is 76.0 Å². The predicted molar refractivity (Wildman–Crippen MR) is 94.4 cm³/mol. The third-order valence-electron chi connectivity index (χ3n) is 4.21. The molecule has 130 valence electrons. The molecule has 0 aromatic carbocycles. The summed E-state index contributed by atoms with van der Waals surface area (Å²) in [5, 5.41) is 15.4. The lowest BCUT2D eigenvalue weighted by Gasteiger charge is -2.23. The Morgan fingerprint density at radius 2 is 2.44 bits per heavy atom. The highest BCUT2D eigenvalue weighted by Gasteiger charge is 2.25. The molecule has 4 rings (SSSR count). The molecule has 8 heteroatoms. The van der Waals surface area contributed by atoms with Crippen molar-refractivity contribution in [3.05, 3.63) is 47.0 Å². The van der Waals surface area contributed by atoms with E-state index in [4.69, 9.17) is 4.74 Å². The van der Waals surface area contributed by atoms with Crippen LogP contribution in [0.1, 0.15) is 16.9 Å². The molecule has 3 aromatic heterocycles. The van der Waals surface area contributed by atoms with E-state index in [0.29, 0.717) is 31.9 Å². The number of amides is 1. The molecule has 1 N–H and O–H groups in total. The highest BCUT2D eigenvalue weighted by atomic mass is 32.1. The Labute approximate surface area is 149 Å². The largest absolute Gasteiger partial charge is 0.374 e. The zero-order valence-electron chi connectivity index (χ0n) is 13.7. The van der Waals surface area contributed by atoms with Crippen LogP contribution < -0.4 is 0 Å². The van der Waals surface area contributed by atoms with E-state index in [2.05, 4.69) is 15.3 Å². The molecule has 1 atom stereocenters. The van der Waals surface area contributed by atoms with Gasteiger partial charge in [0.05, 0.1) is 18.3 Å². The van der Waals surface area contributed by atoms with Crippen molar-refractivity contribution in [2.45, 2.75) is 19.1 Å². The van der Waals surface area contributed by atoms with E-state index in [1.807, 2.05) is 44.7 Å². The third kappa shape index (κ3) is 3.64. The van der Waals surface area contributed by atoms with Crippen LogP contribution in [0.5, 0.6) is 0 Å². The fraction of sp³-hybridized carbons (Fsp3) is 0.353. The minimum Gasteiger partial charge on any atom is -0.374 e. The number of carbonyl (C=O) groups excluding carboxylic acids is 1. The van der Waals surface area contributed by atoms with Crippen LogP contribution in [0.2, 0.25) is 0 Å². The second-order valence-corrected chi connectivity index (χ2v) is 6.78. The molecule has 1 fully saturated rings. The zero-order chi connectivity index (χ0) is 17.1. The van der Waals surface area contributed by atoms with Crippen molar-refractivity contribution in [2.75, 3.05) is 19.7 Å². The second kappa shape index (κ2) is 7.20. The normalized spacial score (nSPS) is 18.2. The van der Waals surface area contributed by atoms with Crippen LogP contribution >= 0.6 is 11.3 Å². The molecule has 0 unspecified atom stereocenters. The van der Waals surface area contributed by atoms with E-state index in [-0.39, 0.29) is 12.0 Å². The first-order valence-corrected chi connectivity index (χ1v) is 9.20. The van der Waals surface area contributed by atoms with E-state index < -0.39 is 0 Å². The van der Waals surface area contributed by atoms with Crippen molar-refractivity contribution in [3.63, 3.8) is 0 Å². The standard InChI is InChI=1S/C17H19N5O2S/c23-17(16-9-15(19-20-16)13-3-8-25-12-13)21-5-2-7-24-14(10-21)11-22-6-1-4-18-22/h1,3-4,6,8-9,12,14H,2,5,7,10-11H2,(H,19,20)/t14-/m1/s1. The summed E-state index contributed by atoms with van der Waals surface area (Å²) in [6.07, 6.45) is 4.41. The number of ether oxygens (including phenoxy) is 1. The maximum atomic E-state index is 12.9. The Morgan fingerprint density at radius 1 is 1.48 bits per heavy atom. The van der Waals surface area contributed by atoms with Crippen LogP contribution in [0.3, 0.4) is 0 Å². The summed E-state index contributed by atoms with van der Waals surface area (Å²) in [4.78, 5) is 14.7. The van der Waals surface area contributed by atoms with Gasteiger partial charge in [-0.15, -0.1) is 0 Å². The van der Waals surface area contributed by atoms with Gasteiger partial charge in [0.15, 0.2) is 0 Å². The Morgan fingerprint density at radius 3 is 3.24 bits per heavy atom. The van der Waals surface area contributed by atoms with Crippen LogP contribution in [-0.4, -0.2) is 56.6 Å². The number of hydrogen-bond donors (Lipinski definition) is 1. The third-order valence-corrected chi connectivity index (χ3v) is 4.90. The number of hydrogen-bond acceptors (Lipinski definition) is 5. The molecular formula is C17H19N5O2S. The first-order chi connectivity index (χ1) is 12.3. The number of thiophene rings is 1. The summed E-state index contributed by atoms with van der Waals surface area (Å²) in [6.45, 7) is 2.52. The van der Waals surface area contributed by atoms with Gasteiger partial charge < -0.3 is 9.64 Å². The number of aromatic nitrogens is 4. The molecular weight excluding hydrogens is 338 g/mol. The van der Waals surface area contributed by atoms with E-state index in [0.717, 1.165) is 17.7 Å².